The van der Waals surface area contributed by atoms with E-state index in [0.717, 1.165) is 5.70 Å². The predicted molar refractivity (Wildman–Crippen MR) is 33.7 cm³/mol. The van der Waals surface area contributed by atoms with Crippen molar-refractivity contribution in [1.29, 1.82) is 0 Å². The summed E-state index contributed by atoms with van der Waals surface area (Å²) in [6, 6.07) is 0. The van der Waals surface area contributed by atoms with Crippen molar-refractivity contribution in [3.8, 4) is 0 Å². The van der Waals surface area contributed by atoms with Crippen molar-refractivity contribution < 1.29 is 8.92 Å². The molecule has 0 aromatic rings. The molecule has 0 N–H and O–H groups in total. The molecule has 1 saturated heterocycles. The van der Waals surface area contributed by atoms with Crippen LogP contribution in [-0.4, -0.2) is 10.9 Å². The third kappa shape index (κ3) is 0.799. The fourth-order valence-corrected chi connectivity index (χ4v) is 1.25. The SMILES string of the molecule is C1=CN2SOCC2=CO1. The van der Waals surface area contributed by atoms with E-state index in [-0.39, 0.29) is 0 Å². The molecule has 0 aromatic carbocycles. The van der Waals surface area contributed by atoms with Gasteiger partial charge in [-0.1, -0.05) is 0 Å². The molecular weight excluding hydrogens is 138 g/mol. The molecule has 2 rings (SSSR count). The standard InChI is InChI=1S/C5H5NO2S/c1-2-7-3-5-4-8-9-6(1)5/h1-3H,4H2. The molecule has 48 valence electrons. The first-order valence-corrected chi connectivity index (χ1v) is 3.27. The van der Waals surface area contributed by atoms with Crippen LogP contribution in [0.15, 0.2) is 24.4 Å². The minimum Gasteiger partial charge on any atom is -0.469 e. The Morgan fingerprint density at radius 1 is 1.67 bits per heavy atom. The zero-order valence-electron chi connectivity index (χ0n) is 4.61. The molecule has 2 aliphatic rings. The van der Waals surface area contributed by atoms with Gasteiger partial charge < -0.3 is 4.74 Å². The van der Waals surface area contributed by atoms with Crippen molar-refractivity contribution in [3.05, 3.63) is 24.4 Å². The lowest BCUT2D eigenvalue weighted by molar-refractivity contribution is 0.357. The molecule has 9 heavy (non-hydrogen) atoms. The first-order valence-electron chi connectivity index (χ1n) is 2.57. The van der Waals surface area contributed by atoms with E-state index in [1.165, 1.54) is 12.2 Å². The van der Waals surface area contributed by atoms with Crippen molar-refractivity contribution >= 4 is 12.2 Å². The van der Waals surface area contributed by atoms with Crippen molar-refractivity contribution in [3.63, 3.8) is 0 Å². The summed E-state index contributed by atoms with van der Waals surface area (Å²) >= 11 is 1.32. The van der Waals surface area contributed by atoms with Crippen LogP contribution in [0.1, 0.15) is 0 Å². The summed E-state index contributed by atoms with van der Waals surface area (Å²) in [5.74, 6) is 0. The van der Waals surface area contributed by atoms with Gasteiger partial charge in [0.2, 0.25) is 0 Å². The monoisotopic (exact) mass is 143 g/mol. The normalized spacial score (nSPS) is 23.1. The Morgan fingerprint density at radius 2 is 2.67 bits per heavy atom. The van der Waals surface area contributed by atoms with E-state index in [1.54, 1.807) is 12.5 Å². The molecule has 0 amide bonds. The molecule has 0 spiro atoms. The second-order valence-electron chi connectivity index (χ2n) is 1.69. The highest BCUT2D eigenvalue weighted by molar-refractivity contribution is 7.92. The highest BCUT2D eigenvalue weighted by atomic mass is 32.2. The van der Waals surface area contributed by atoms with Gasteiger partial charge in [0.25, 0.3) is 0 Å². The summed E-state index contributed by atoms with van der Waals surface area (Å²) < 4.78 is 11.9. The summed E-state index contributed by atoms with van der Waals surface area (Å²) in [4.78, 5) is 0. The van der Waals surface area contributed by atoms with Gasteiger partial charge in [0.15, 0.2) is 0 Å². The van der Waals surface area contributed by atoms with Gasteiger partial charge in [-0.3, -0.25) is 8.49 Å². The lowest BCUT2D eigenvalue weighted by Gasteiger charge is -2.11. The second kappa shape index (κ2) is 1.97. The summed E-state index contributed by atoms with van der Waals surface area (Å²) in [5.41, 5.74) is 1.06. The zero-order chi connectivity index (χ0) is 6.10. The maximum atomic E-state index is 5.03. The maximum Gasteiger partial charge on any atom is 0.119 e. The van der Waals surface area contributed by atoms with Gasteiger partial charge in [-0.05, 0) is 0 Å². The molecule has 4 heteroatoms. The summed E-state index contributed by atoms with van der Waals surface area (Å²) in [7, 11) is 0. The lowest BCUT2D eigenvalue weighted by Crippen LogP contribution is -2.05. The number of hydrogen-bond acceptors (Lipinski definition) is 4. The molecule has 0 aliphatic carbocycles. The first kappa shape index (κ1) is 5.20. The zero-order valence-corrected chi connectivity index (χ0v) is 5.43. The van der Waals surface area contributed by atoms with Gasteiger partial charge in [-0.2, -0.15) is 0 Å². The van der Waals surface area contributed by atoms with Crippen LogP contribution < -0.4 is 0 Å². The summed E-state index contributed by atoms with van der Waals surface area (Å²) in [6.07, 6.45) is 5.12. The van der Waals surface area contributed by atoms with Crippen LogP contribution in [0.25, 0.3) is 0 Å². The molecule has 1 fully saturated rings. The molecule has 0 unspecified atom stereocenters. The molecule has 0 radical (unpaired) electrons. The highest BCUT2D eigenvalue weighted by Gasteiger charge is 2.19. The van der Waals surface area contributed by atoms with E-state index >= 15 is 0 Å². The minimum atomic E-state index is 0.634. The predicted octanol–water partition coefficient (Wildman–Crippen LogP) is 1.22. The first-order chi connectivity index (χ1) is 4.47. The fraction of sp³-hybridized carbons (Fsp3) is 0.200. The van der Waals surface area contributed by atoms with Crippen molar-refractivity contribution in [2.24, 2.45) is 0 Å². The van der Waals surface area contributed by atoms with Gasteiger partial charge in [0, 0.05) is 0 Å². The van der Waals surface area contributed by atoms with Gasteiger partial charge in [-0.15, -0.1) is 0 Å². The maximum absolute atomic E-state index is 5.03. The Labute approximate surface area is 57.3 Å². The molecule has 3 nitrogen and oxygen atoms in total. The Kier molecular flexibility index (Phi) is 1.13. The van der Waals surface area contributed by atoms with Gasteiger partial charge >= 0.3 is 0 Å². The quantitative estimate of drug-likeness (QED) is 0.375. The number of nitrogens with zero attached hydrogens (tertiary/aromatic N) is 1. The van der Waals surface area contributed by atoms with Crippen molar-refractivity contribution in [2.45, 2.75) is 0 Å². The Bertz CT molecular complexity index is 178. The Morgan fingerprint density at radius 3 is 3.56 bits per heavy atom. The molecule has 2 heterocycles. The Hall–Kier alpha value is -0.610. The summed E-state index contributed by atoms with van der Waals surface area (Å²) in [5, 5.41) is 0. The van der Waals surface area contributed by atoms with Gasteiger partial charge in [-0.25, -0.2) is 0 Å². The number of fused-ring (bicyclic) bond motifs is 1. The average molecular weight is 143 g/mol. The van der Waals surface area contributed by atoms with Crippen LogP contribution in [0.3, 0.4) is 0 Å². The van der Waals surface area contributed by atoms with E-state index in [9.17, 15) is 0 Å². The third-order valence-electron chi connectivity index (χ3n) is 1.10. The minimum absolute atomic E-state index is 0.634. The van der Waals surface area contributed by atoms with Gasteiger partial charge in [0.1, 0.15) is 31.4 Å². The number of rotatable bonds is 0. The fourth-order valence-electron chi connectivity index (χ4n) is 0.670. The van der Waals surface area contributed by atoms with Gasteiger partial charge in [0.05, 0.1) is 11.9 Å². The van der Waals surface area contributed by atoms with Crippen LogP contribution in [0.2, 0.25) is 0 Å². The van der Waals surface area contributed by atoms with Crippen LogP contribution in [-0.2, 0) is 8.92 Å². The lowest BCUT2D eigenvalue weighted by atomic mass is 10.5. The van der Waals surface area contributed by atoms with E-state index in [0.29, 0.717) is 6.61 Å². The third-order valence-corrected chi connectivity index (χ3v) is 1.84. The summed E-state index contributed by atoms with van der Waals surface area (Å²) in [6.45, 7) is 0.634. The van der Waals surface area contributed by atoms with E-state index in [4.69, 9.17) is 8.92 Å². The second-order valence-corrected chi connectivity index (χ2v) is 2.47. The molecule has 0 atom stereocenters. The Balaban J connectivity index is 2.22. The smallest absolute Gasteiger partial charge is 0.119 e. The molecular formula is C5H5NO2S. The largest absolute Gasteiger partial charge is 0.469 e. The number of hydrogen-bond donors (Lipinski definition) is 0. The van der Waals surface area contributed by atoms with Crippen molar-refractivity contribution in [1.82, 2.24) is 4.31 Å². The number of ether oxygens (including phenoxy) is 1. The highest BCUT2D eigenvalue weighted by Crippen LogP contribution is 2.29. The van der Waals surface area contributed by atoms with E-state index in [2.05, 4.69) is 0 Å². The molecule has 0 aromatic heterocycles. The molecule has 0 saturated carbocycles. The molecule has 2 aliphatic heterocycles. The van der Waals surface area contributed by atoms with Crippen LogP contribution in [0.5, 0.6) is 0 Å². The van der Waals surface area contributed by atoms with E-state index in [1.807, 2.05) is 10.5 Å². The van der Waals surface area contributed by atoms with Crippen LogP contribution in [0, 0.1) is 0 Å². The van der Waals surface area contributed by atoms with Crippen molar-refractivity contribution in [2.75, 3.05) is 6.61 Å². The van der Waals surface area contributed by atoms with Crippen LogP contribution >= 0.6 is 12.2 Å². The average Bonchev–Trinajstić information content (AvgIpc) is 2.33. The molecule has 0 bridgehead atoms. The van der Waals surface area contributed by atoms with E-state index < -0.39 is 0 Å². The topological polar surface area (TPSA) is 21.7 Å². The van der Waals surface area contributed by atoms with Crippen LogP contribution in [0.4, 0.5) is 0 Å².